The van der Waals surface area contributed by atoms with Crippen LogP contribution in [-0.2, 0) is 4.74 Å². The molecule has 0 spiro atoms. The van der Waals surface area contributed by atoms with Crippen LogP contribution < -0.4 is 0 Å². The van der Waals surface area contributed by atoms with E-state index in [2.05, 4.69) is 35.9 Å². The number of ether oxygens (including phenoxy) is 1. The summed E-state index contributed by atoms with van der Waals surface area (Å²) >= 11 is 0. The van der Waals surface area contributed by atoms with Gasteiger partial charge in [0.15, 0.2) is 0 Å². The van der Waals surface area contributed by atoms with Crippen molar-refractivity contribution in [3.05, 3.63) is 60.2 Å². The average molecular weight is 364 g/mol. The number of likely N-dealkylation sites (tertiary alicyclic amines) is 2. The van der Waals surface area contributed by atoms with Crippen molar-refractivity contribution in [2.24, 2.45) is 11.8 Å². The first kappa shape index (κ1) is 18.2. The van der Waals surface area contributed by atoms with E-state index in [1.807, 2.05) is 42.5 Å². The van der Waals surface area contributed by atoms with Crippen molar-refractivity contribution in [1.82, 2.24) is 9.80 Å². The van der Waals surface area contributed by atoms with Gasteiger partial charge in [-0.25, -0.2) is 4.79 Å². The minimum Gasteiger partial charge on any atom is -0.458 e. The van der Waals surface area contributed by atoms with Crippen LogP contribution in [0.1, 0.15) is 17.3 Å². The van der Waals surface area contributed by atoms with Gasteiger partial charge < -0.3 is 14.5 Å². The summed E-state index contributed by atoms with van der Waals surface area (Å²) in [6, 6.07) is 18.0. The third-order valence-electron chi connectivity index (χ3n) is 5.93. The number of esters is 1. The highest BCUT2D eigenvalue weighted by atomic mass is 16.5. The lowest BCUT2D eigenvalue weighted by Crippen LogP contribution is -2.60. The second-order valence-electron chi connectivity index (χ2n) is 7.91. The molecule has 27 heavy (non-hydrogen) atoms. The minimum absolute atomic E-state index is 0.0327. The van der Waals surface area contributed by atoms with Gasteiger partial charge in [0.2, 0.25) is 0 Å². The van der Waals surface area contributed by atoms with Crippen molar-refractivity contribution in [3.8, 4) is 11.1 Å². The van der Waals surface area contributed by atoms with Gasteiger partial charge in [-0.3, -0.25) is 0 Å². The first-order valence-electron chi connectivity index (χ1n) is 9.91. The fraction of sp³-hybridized carbons (Fsp3) is 0.435. The third kappa shape index (κ3) is 3.92. The molecular weight excluding hydrogens is 336 g/mol. The molecule has 2 atom stereocenters. The third-order valence-corrected chi connectivity index (χ3v) is 5.93. The summed E-state index contributed by atoms with van der Waals surface area (Å²) in [5, 5.41) is 0. The number of benzene rings is 2. The molecule has 2 unspecified atom stereocenters. The second-order valence-corrected chi connectivity index (χ2v) is 7.91. The molecule has 4 nitrogen and oxygen atoms in total. The van der Waals surface area contributed by atoms with E-state index in [0.29, 0.717) is 17.4 Å². The standard InChI is InChI=1S/C23H28N2O2/c1-3-25-15-20-13-24(2)14-21(16-25)22(20)27-23(26)19-11-9-18(10-12-19)17-7-5-4-6-8-17/h4-12,20-22H,3,13-16H2,1-2H3. The van der Waals surface area contributed by atoms with Gasteiger partial charge in [-0.05, 0) is 36.9 Å². The van der Waals surface area contributed by atoms with Crippen LogP contribution >= 0.6 is 0 Å². The largest absolute Gasteiger partial charge is 0.458 e. The molecule has 0 N–H and O–H groups in total. The molecule has 4 heteroatoms. The van der Waals surface area contributed by atoms with Crippen molar-refractivity contribution in [3.63, 3.8) is 0 Å². The smallest absolute Gasteiger partial charge is 0.338 e. The highest BCUT2D eigenvalue weighted by Gasteiger charge is 2.43. The van der Waals surface area contributed by atoms with E-state index in [1.54, 1.807) is 0 Å². The van der Waals surface area contributed by atoms with E-state index in [9.17, 15) is 4.79 Å². The van der Waals surface area contributed by atoms with Crippen molar-refractivity contribution in [2.45, 2.75) is 13.0 Å². The normalized spacial score (nSPS) is 25.9. The number of nitrogens with zero attached hydrogens (tertiary/aromatic N) is 2. The van der Waals surface area contributed by atoms with Gasteiger partial charge in [-0.15, -0.1) is 0 Å². The molecule has 2 saturated heterocycles. The predicted molar refractivity (Wildman–Crippen MR) is 108 cm³/mol. The molecule has 0 aliphatic carbocycles. The Labute approximate surface area is 161 Å². The van der Waals surface area contributed by atoms with Crippen LogP contribution in [-0.4, -0.2) is 61.6 Å². The fourth-order valence-corrected chi connectivity index (χ4v) is 4.60. The molecule has 0 aromatic heterocycles. The Morgan fingerprint density at radius 1 is 0.926 bits per heavy atom. The highest BCUT2D eigenvalue weighted by Crippen LogP contribution is 2.31. The molecule has 0 radical (unpaired) electrons. The summed E-state index contributed by atoms with van der Waals surface area (Å²) in [5.41, 5.74) is 2.91. The Morgan fingerprint density at radius 3 is 2.11 bits per heavy atom. The van der Waals surface area contributed by atoms with Crippen LogP contribution in [0.15, 0.2) is 54.6 Å². The lowest BCUT2D eigenvalue weighted by molar-refractivity contribution is -0.0831. The predicted octanol–water partition coefficient (Wildman–Crippen LogP) is 3.39. The zero-order chi connectivity index (χ0) is 18.8. The van der Waals surface area contributed by atoms with Crippen molar-refractivity contribution in [2.75, 3.05) is 39.8 Å². The van der Waals surface area contributed by atoms with Crippen molar-refractivity contribution < 1.29 is 9.53 Å². The quantitative estimate of drug-likeness (QED) is 0.779. The number of carbonyl (C=O) groups is 1. The lowest BCUT2D eigenvalue weighted by Gasteiger charge is -2.49. The van der Waals surface area contributed by atoms with Crippen LogP contribution in [0.4, 0.5) is 0 Å². The molecule has 0 amide bonds. The summed E-state index contributed by atoms with van der Waals surface area (Å²) in [4.78, 5) is 17.6. The number of piperidine rings is 2. The van der Waals surface area contributed by atoms with E-state index < -0.39 is 0 Å². The molecule has 0 saturated carbocycles. The Morgan fingerprint density at radius 2 is 1.52 bits per heavy atom. The van der Waals surface area contributed by atoms with Crippen molar-refractivity contribution >= 4 is 5.97 Å². The molecule has 2 aliphatic heterocycles. The van der Waals surface area contributed by atoms with Gasteiger partial charge in [0.05, 0.1) is 5.56 Å². The van der Waals surface area contributed by atoms with Gasteiger partial charge >= 0.3 is 5.97 Å². The van der Waals surface area contributed by atoms with Crippen LogP contribution in [0.5, 0.6) is 0 Å². The number of rotatable bonds is 4. The summed E-state index contributed by atoms with van der Waals surface area (Å²) in [5.74, 6) is 0.606. The van der Waals surface area contributed by atoms with Crippen LogP contribution in [0.25, 0.3) is 11.1 Å². The molecule has 2 heterocycles. The molecule has 142 valence electrons. The van der Waals surface area contributed by atoms with E-state index in [0.717, 1.165) is 43.9 Å². The average Bonchev–Trinajstić information content (AvgIpc) is 2.69. The molecule has 2 bridgehead atoms. The Hall–Kier alpha value is -2.17. The molecule has 2 aromatic rings. The van der Waals surface area contributed by atoms with Gasteiger partial charge in [0.25, 0.3) is 0 Å². The Kier molecular flexibility index (Phi) is 5.28. The first-order chi connectivity index (χ1) is 13.1. The number of hydrogen-bond acceptors (Lipinski definition) is 4. The van der Waals surface area contributed by atoms with E-state index >= 15 is 0 Å². The van der Waals surface area contributed by atoms with Crippen LogP contribution in [0.2, 0.25) is 0 Å². The van der Waals surface area contributed by atoms with Crippen LogP contribution in [0, 0.1) is 11.8 Å². The number of fused-ring (bicyclic) bond motifs is 2. The summed E-state index contributed by atoms with van der Waals surface area (Å²) in [6.07, 6.45) is 0.0327. The maximum Gasteiger partial charge on any atom is 0.338 e. The zero-order valence-corrected chi connectivity index (χ0v) is 16.2. The summed E-state index contributed by atoms with van der Waals surface area (Å²) in [7, 11) is 2.17. The van der Waals surface area contributed by atoms with E-state index in [4.69, 9.17) is 4.74 Å². The number of carbonyl (C=O) groups excluding carboxylic acids is 1. The monoisotopic (exact) mass is 364 g/mol. The van der Waals surface area contributed by atoms with E-state index in [-0.39, 0.29) is 12.1 Å². The second kappa shape index (κ2) is 7.83. The summed E-state index contributed by atoms with van der Waals surface area (Å²) in [6.45, 7) is 7.30. The van der Waals surface area contributed by atoms with Crippen LogP contribution in [0.3, 0.4) is 0 Å². The van der Waals surface area contributed by atoms with Gasteiger partial charge in [-0.1, -0.05) is 49.4 Å². The van der Waals surface area contributed by atoms with Gasteiger partial charge in [0.1, 0.15) is 6.10 Å². The van der Waals surface area contributed by atoms with Crippen molar-refractivity contribution in [1.29, 1.82) is 0 Å². The van der Waals surface area contributed by atoms with E-state index in [1.165, 1.54) is 0 Å². The summed E-state index contributed by atoms with van der Waals surface area (Å²) < 4.78 is 6.04. The molecule has 2 aromatic carbocycles. The fourth-order valence-electron chi connectivity index (χ4n) is 4.60. The zero-order valence-electron chi connectivity index (χ0n) is 16.2. The molecular formula is C23H28N2O2. The minimum atomic E-state index is -0.191. The maximum absolute atomic E-state index is 12.8. The topological polar surface area (TPSA) is 32.8 Å². The maximum atomic E-state index is 12.8. The Bertz CT molecular complexity index is 759. The molecule has 4 rings (SSSR count). The lowest BCUT2D eigenvalue weighted by atomic mass is 9.81. The first-order valence-corrected chi connectivity index (χ1v) is 9.91. The van der Waals surface area contributed by atoms with Gasteiger partial charge in [0, 0.05) is 38.0 Å². The highest BCUT2D eigenvalue weighted by molar-refractivity contribution is 5.90. The SMILES string of the molecule is CCN1CC2CN(C)CC(C1)C2OC(=O)c1ccc(-c2ccccc2)cc1. The Balaban J connectivity index is 1.46. The molecule has 2 aliphatic rings. The van der Waals surface area contributed by atoms with Gasteiger partial charge in [-0.2, -0.15) is 0 Å². The number of hydrogen-bond donors (Lipinski definition) is 0. The molecule has 2 fully saturated rings.